The van der Waals surface area contributed by atoms with Crippen LogP contribution in [0.3, 0.4) is 0 Å². The van der Waals surface area contributed by atoms with E-state index in [2.05, 4.69) is 5.10 Å². The van der Waals surface area contributed by atoms with Crippen molar-refractivity contribution in [3.8, 4) is 5.69 Å². The predicted molar refractivity (Wildman–Crippen MR) is 98.2 cm³/mol. The minimum atomic E-state index is -1.01. The lowest BCUT2D eigenvalue weighted by Gasteiger charge is -2.34. The second-order valence-electron chi connectivity index (χ2n) is 7.47. The van der Waals surface area contributed by atoms with Crippen molar-refractivity contribution >= 4 is 11.8 Å². The highest BCUT2D eigenvalue weighted by molar-refractivity contribution is 6.07. The molecule has 4 rings (SSSR count). The summed E-state index contributed by atoms with van der Waals surface area (Å²) in [5.41, 5.74) is 4.99. The minimum Gasteiger partial charge on any atom is -0.369 e. The van der Waals surface area contributed by atoms with Gasteiger partial charge in [0.1, 0.15) is 11.2 Å². The molecule has 1 saturated heterocycles. The normalized spacial score (nSPS) is 21.1. The molecule has 1 aromatic carbocycles. The molecule has 8 nitrogen and oxygen atoms in total. The number of hydrogen-bond acceptors (Lipinski definition) is 4. The summed E-state index contributed by atoms with van der Waals surface area (Å²) in [4.78, 5) is 38.9. The van der Waals surface area contributed by atoms with Crippen LogP contribution >= 0.6 is 0 Å². The third-order valence-electron chi connectivity index (χ3n) is 5.67. The number of piperidine rings is 1. The lowest BCUT2D eigenvalue weighted by molar-refractivity contribution is -0.144. The molecule has 8 heteroatoms. The molecule has 2 amide bonds. The number of rotatable bonds is 4. The van der Waals surface area contributed by atoms with Gasteiger partial charge in [-0.05, 0) is 37.8 Å². The zero-order valence-corrected chi connectivity index (χ0v) is 15.3. The number of para-hydroxylation sites is 1. The summed E-state index contributed by atoms with van der Waals surface area (Å²) >= 11 is 0. The Morgan fingerprint density at radius 2 is 1.93 bits per heavy atom. The number of benzene rings is 1. The van der Waals surface area contributed by atoms with E-state index in [1.807, 2.05) is 30.3 Å². The van der Waals surface area contributed by atoms with Gasteiger partial charge in [0.2, 0.25) is 11.8 Å². The van der Waals surface area contributed by atoms with Crippen molar-refractivity contribution in [1.82, 2.24) is 19.2 Å². The van der Waals surface area contributed by atoms with Crippen LogP contribution in [0.4, 0.5) is 0 Å². The maximum Gasteiger partial charge on any atom is 0.350 e. The molecule has 27 heavy (non-hydrogen) atoms. The van der Waals surface area contributed by atoms with Crippen molar-refractivity contribution in [2.24, 2.45) is 18.2 Å². The molecular formula is C19H23N5O3. The van der Waals surface area contributed by atoms with Crippen LogP contribution in [0.25, 0.3) is 5.69 Å². The lowest BCUT2D eigenvalue weighted by Crippen LogP contribution is -2.47. The second-order valence-corrected chi connectivity index (χ2v) is 7.47. The van der Waals surface area contributed by atoms with Gasteiger partial charge in [0.05, 0.1) is 5.69 Å². The van der Waals surface area contributed by atoms with Crippen LogP contribution in [0.5, 0.6) is 0 Å². The molecule has 1 atom stereocenters. The monoisotopic (exact) mass is 369 g/mol. The largest absolute Gasteiger partial charge is 0.369 e. The van der Waals surface area contributed by atoms with Gasteiger partial charge >= 0.3 is 5.69 Å². The third-order valence-corrected chi connectivity index (χ3v) is 5.67. The zero-order valence-electron chi connectivity index (χ0n) is 15.3. The lowest BCUT2D eigenvalue weighted by atomic mass is 9.94. The number of likely N-dealkylation sites (tertiary alicyclic amines) is 1. The zero-order chi connectivity index (χ0) is 19.2. The Morgan fingerprint density at radius 3 is 2.56 bits per heavy atom. The summed E-state index contributed by atoms with van der Waals surface area (Å²) in [5.74, 6) is -0.131. The van der Waals surface area contributed by atoms with Crippen molar-refractivity contribution < 1.29 is 9.59 Å². The molecule has 0 radical (unpaired) electrons. The van der Waals surface area contributed by atoms with Gasteiger partial charge in [-0.25, -0.2) is 14.0 Å². The minimum absolute atomic E-state index is 0.0690. The summed E-state index contributed by atoms with van der Waals surface area (Å²) in [6.45, 7) is 1.05. The van der Waals surface area contributed by atoms with Gasteiger partial charge in [0, 0.05) is 26.1 Å². The van der Waals surface area contributed by atoms with Gasteiger partial charge in [-0.15, -0.1) is 0 Å². The molecule has 0 spiro atoms. The van der Waals surface area contributed by atoms with Crippen LogP contribution in [-0.2, 0) is 16.6 Å². The van der Waals surface area contributed by atoms with E-state index in [1.54, 1.807) is 16.5 Å². The number of primary amides is 1. The molecule has 2 N–H and O–H groups in total. The molecule has 1 saturated carbocycles. The molecule has 1 unspecified atom stereocenters. The van der Waals surface area contributed by atoms with E-state index in [1.165, 1.54) is 4.68 Å². The molecule has 1 aliphatic carbocycles. The number of hydrogen-bond donors (Lipinski definition) is 1. The van der Waals surface area contributed by atoms with Crippen LogP contribution in [0.15, 0.2) is 35.1 Å². The van der Waals surface area contributed by atoms with Crippen molar-refractivity contribution in [3.63, 3.8) is 0 Å². The van der Waals surface area contributed by atoms with Crippen LogP contribution in [0.2, 0.25) is 0 Å². The summed E-state index contributed by atoms with van der Waals surface area (Å²) in [7, 11) is 1.63. The smallest absolute Gasteiger partial charge is 0.350 e. The van der Waals surface area contributed by atoms with Crippen molar-refractivity contribution in [2.45, 2.75) is 31.6 Å². The Kier molecular flexibility index (Phi) is 4.13. The molecule has 1 aromatic heterocycles. The summed E-state index contributed by atoms with van der Waals surface area (Å²) in [6.07, 6.45) is 2.68. The molecule has 2 aromatic rings. The van der Waals surface area contributed by atoms with E-state index in [-0.39, 0.29) is 17.5 Å². The highest BCUT2D eigenvalue weighted by atomic mass is 16.2. The fourth-order valence-corrected chi connectivity index (χ4v) is 3.93. The van der Waals surface area contributed by atoms with E-state index in [0.717, 1.165) is 18.5 Å². The van der Waals surface area contributed by atoms with Crippen LogP contribution in [0, 0.1) is 5.41 Å². The maximum atomic E-state index is 12.9. The number of aryl methyl sites for hydroxylation is 1. The van der Waals surface area contributed by atoms with Crippen LogP contribution in [0.1, 0.15) is 37.4 Å². The predicted octanol–water partition coefficient (Wildman–Crippen LogP) is 0.542. The number of amides is 2. The summed E-state index contributed by atoms with van der Waals surface area (Å²) in [6, 6.07) is 9.37. The number of aromatic nitrogens is 3. The van der Waals surface area contributed by atoms with E-state index >= 15 is 0 Å². The van der Waals surface area contributed by atoms with Crippen LogP contribution in [-0.4, -0.2) is 44.2 Å². The van der Waals surface area contributed by atoms with Gasteiger partial charge in [-0.3, -0.25) is 9.59 Å². The van der Waals surface area contributed by atoms with E-state index < -0.39 is 11.3 Å². The number of carbonyl (C=O) groups excluding carboxylic acids is 2. The Labute approximate surface area is 156 Å². The van der Waals surface area contributed by atoms with Crippen LogP contribution < -0.4 is 11.4 Å². The first-order chi connectivity index (χ1) is 12.9. The van der Waals surface area contributed by atoms with Crippen molar-refractivity contribution in [1.29, 1.82) is 0 Å². The average Bonchev–Trinajstić information content (AvgIpc) is 3.44. The van der Waals surface area contributed by atoms with Gasteiger partial charge in [-0.1, -0.05) is 18.2 Å². The Balaban J connectivity index is 1.65. The number of carbonyl (C=O) groups is 2. The maximum absolute atomic E-state index is 12.9. The molecular weight excluding hydrogens is 346 g/mol. The fraction of sp³-hybridized carbons (Fsp3) is 0.474. The van der Waals surface area contributed by atoms with E-state index in [9.17, 15) is 14.4 Å². The molecule has 142 valence electrons. The molecule has 2 heterocycles. The summed E-state index contributed by atoms with van der Waals surface area (Å²) in [5, 5.41) is 4.45. The average molecular weight is 369 g/mol. The van der Waals surface area contributed by atoms with Gasteiger partial charge in [-0.2, -0.15) is 5.10 Å². The highest BCUT2D eigenvalue weighted by Gasteiger charge is 2.57. The standard InChI is InChI=1S/C19H23N5O3/c1-22-18(27)24(14-7-3-2-4-8-14)15(21-22)13-6-5-11-23(12-13)17(26)19(9-10-19)16(20)25/h2-4,7-8,13H,5-6,9-12H2,1H3,(H2,20,25). The van der Waals surface area contributed by atoms with Gasteiger partial charge in [0.25, 0.3) is 0 Å². The quantitative estimate of drug-likeness (QED) is 0.795. The Hall–Kier alpha value is -2.90. The molecule has 2 fully saturated rings. The first-order valence-corrected chi connectivity index (χ1v) is 9.25. The SMILES string of the molecule is Cn1nc(C2CCCN(C(=O)C3(C(N)=O)CC3)C2)n(-c2ccccc2)c1=O. The number of nitrogens with zero attached hydrogens (tertiary/aromatic N) is 4. The molecule has 0 bridgehead atoms. The third kappa shape index (κ3) is 2.85. The summed E-state index contributed by atoms with van der Waals surface area (Å²) < 4.78 is 2.94. The molecule has 2 aliphatic rings. The fourth-order valence-electron chi connectivity index (χ4n) is 3.93. The molecule has 1 aliphatic heterocycles. The Morgan fingerprint density at radius 1 is 1.22 bits per heavy atom. The second kappa shape index (κ2) is 6.37. The number of nitrogens with two attached hydrogens (primary N) is 1. The topological polar surface area (TPSA) is 103 Å². The van der Waals surface area contributed by atoms with Crippen molar-refractivity contribution in [2.75, 3.05) is 13.1 Å². The van der Waals surface area contributed by atoms with E-state index in [0.29, 0.717) is 31.8 Å². The van der Waals surface area contributed by atoms with E-state index in [4.69, 9.17) is 5.73 Å². The first-order valence-electron chi connectivity index (χ1n) is 9.25. The van der Waals surface area contributed by atoms with Gasteiger partial charge in [0.15, 0.2) is 0 Å². The highest BCUT2D eigenvalue weighted by Crippen LogP contribution is 2.47. The van der Waals surface area contributed by atoms with Gasteiger partial charge < -0.3 is 10.6 Å². The Bertz CT molecular complexity index is 942. The first kappa shape index (κ1) is 17.5. The van der Waals surface area contributed by atoms with Crippen molar-refractivity contribution in [3.05, 3.63) is 46.6 Å².